The minimum atomic E-state index is -0.398. The molecule has 1 saturated carbocycles. The summed E-state index contributed by atoms with van der Waals surface area (Å²) in [6.45, 7) is 3.29. The molecule has 3 aliphatic rings. The molecular formula is C21H27N3O3. The van der Waals surface area contributed by atoms with E-state index in [0.29, 0.717) is 25.2 Å². The highest BCUT2D eigenvalue weighted by Gasteiger charge is 2.37. The Hall–Kier alpha value is -2.37. The van der Waals surface area contributed by atoms with Crippen LogP contribution in [0.1, 0.15) is 54.4 Å². The van der Waals surface area contributed by atoms with Crippen LogP contribution >= 0.6 is 0 Å². The van der Waals surface area contributed by atoms with Crippen LogP contribution in [-0.2, 0) is 16.1 Å². The van der Waals surface area contributed by atoms with Gasteiger partial charge in [-0.1, -0.05) is 25.0 Å². The molecule has 0 spiro atoms. The Kier molecular flexibility index (Phi) is 5.14. The minimum absolute atomic E-state index is 0.0792. The summed E-state index contributed by atoms with van der Waals surface area (Å²) < 4.78 is 0. The Balaban J connectivity index is 1.37. The van der Waals surface area contributed by atoms with E-state index in [4.69, 9.17) is 0 Å². The summed E-state index contributed by atoms with van der Waals surface area (Å²) in [5, 5.41) is 0. The number of nitrogens with zero attached hydrogens (tertiary/aromatic N) is 3. The predicted octanol–water partition coefficient (Wildman–Crippen LogP) is 2.04. The van der Waals surface area contributed by atoms with Crippen molar-refractivity contribution in [2.75, 3.05) is 26.2 Å². The van der Waals surface area contributed by atoms with E-state index < -0.39 is 5.91 Å². The number of piperazine rings is 1. The monoisotopic (exact) mass is 369 g/mol. The van der Waals surface area contributed by atoms with Crippen molar-refractivity contribution < 1.29 is 14.4 Å². The zero-order valence-electron chi connectivity index (χ0n) is 15.7. The van der Waals surface area contributed by atoms with Gasteiger partial charge in [-0.25, -0.2) is 0 Å². The Labute approximate surface area is 160 Å². The highest BCUT2D eigenvalue weighted by atomic mass is 16.2. The van der Waals surface area contributed by atoms with Crippen molar-refractivity contribution in [3.8, 4) is 0 Å². The Morgan fingerprint density at radius 2 is 1.52 bits per heavy atom. The molecule has 2 heterocycles. The fourth-order valence-corrected chi connectivity index (χ4v) is 4.48. The summed E-state index contributed by atoms with van der Waals surface area (Å²) in [6, 6.07) is 7.70. The van der Waals surface area contributed by atoms with Crippen LogP contribution in [0.2, 0.25) is 0 Å². The van der Waals surface area contributed by atoms with Crippen LogP contribution in [-0.4, -0.2) is 64.6 Å². The van der Waals surface area contributed by atoms with Crippen LogP contribution in [0.15, 0.2) is 24.3 Å². The molecule has 6 heteroatoms. The first-order valence-electron chi connectivity index (χ1n) is 10.1. The molecule has 144 valence electrons. The normalized spacial score (nSPS) is 21.4. The van der Waals surface area contributed by atoms with Crippen molar-refractivity contribution in [2.24, 2.45) is 0 Å². The van der Waals surface area contributed by atoms with Gasteiger partial charge < -0.3 is 14.7 Å². The highest BCUT2D eigenvalue weighted by Crippen LogP contribution is 2.25. The van der Waals surface area contributed by atoms with E-state index in [1.807, 2.05) is 29.2 Å². The fraction of sp³-hybridized carbons (Fsp3) is 0.571. The van der Waals surface area contributed by atoms with E-state index in [1.165, 1.54) is 0 Å². The molecule has 2 aliphatic heterocycles. The van der Waals surface area contributed by atoms with Crippen molar-refractivity contribution >= 4 is 17.7 Å². The zero-order chi connectivity index (χ0) is 18.8. The molecule has 1 aromatic rings. The molecule has 3 fully saturated rings. The number of carbonyl (C=O) groups is 3. The highest BCUT2D eigenvalue weighted by molar-refractivity contribution is 6.35. The van der Waals surface area contributed by atoms with Gasteiger partial charge in [-0.2, -0.15) is 0 Å². The second kappa shape index (κ2) is 7.71. The van der Waals surface area contributed by atoms with Crippen LogP contribution in [0.3, 0.4) is 0 Å². The van der Waals surface area contributed by atoms with Crippen LogP contribution in [0.5, 0.6) is 0 Å². The first kappa shape index (κ1) is 18.0. The molecular weight excluding hydrogens is 342 g/mol. The predicted molar refractivity (Wildman–Crippen MR) is 101 cm³/mol. The second-order valence-electron chi connectivity index (χ2n) is 7.86. The number of hydrogen-bond acceptors (Lipinski definition) is 3. The molecule has 0 atom stereocenters. The third kappa shape index (κ3) is 3.70. The number of rotatable bonds is 4. The molecule has 2 saturated heterocycles. The number of benzene rings is 1. The summed E-state index contributed by atoms with van der Waals surface area (Å²) in [5.74, 6) is -0.671. The average molecular weight is 369 g/mol. The molecule has 0 bridgehead atoms. The largest absolute Gasteiger partial charge is 0.339 e. The van der Waals surface area contributed by atoms with Gasteiger partial charge >= 0.3 is 11.8 Å². The number of likely N-dealkylation sites (tertiary alicyclic amines) is 1. The van der Waals surface area contributed by atoms with Gasteiger partial charge in [-0.3, -0.25) is 14.4 Å². The van der Waals surface area contributed by atoms with Crippen LogP contribution in [0, 0.1) is 0 Å². The molecule has 1 aromatic carbocycles. The van der Waals surface area contributed by atoms with E-state index in [9.17, 15) is 14.4 Å². The lowest BCUT2D eigenvalue weighted by atomic mass is 10.1. The van der Waals surface area contributed by atoms with Gasteiger partial charge in [-0.05, 0) is 43.4 Å². The summed E-state index contributed by atoms with van der Waals surface area (Å²) >= 11 is 0. The van der Waals surface area contributed by atoms with Gasteiger partial charge in [0.1, 0.15) is 0 Å². The van der Waals surface area contributed by atoms with E-state index >= 15 is 0 Å². The van der Waals surface area contributed by atoms with Gasteiger partial charge in [-0.15, -0.1) is 0 Å². The smallest absolute Gasteiger partial charge is 0.312 e. The molecule has 1 aliphatic carbocycles. The first-order chi connectivity index (χ1) is 13.1. The maximum atomic E-state index is 12.5. The molecule has 0 radical (unpaired) electrons. The summed E-state index contributed by atoms with van der Waals surface area (Å²) in [7, 11) is 0. The lowest BCUT2D eigenvalue weighted by Gasteiger charge is -2.37. The third-order valence-electron chi connectivity index (χ3n) is 6.07. The fourth-order valence-electron chi connectivity index (χ4n) is 4.48. The average Bonchev–Trinajstić information content (AvgIpc) is 3.39. The SMILES string of the molecule is O=C1C(=O)N(C2CCCC2)CCN1Cc1ccc(C(=O)N2CCCC2)cc1. The summed E-state index contributed by atoms with van der Waals surface area (Å²) in [6.07, 6.45) is 6.49. The lowest BCUT2D eigenvalue weighted by Crippen LogP contribution is -2.56. The standard InChI is InChI=1S/C21H27N3O3/c25-19(22-11-3-4-12-22)17-9-7-16(8-10-17)15-23-13-14-24(21(27)20(23)26)18-5-1-2-6-18/h7-10,18H,1-6,11-15H2. The van der Waals surface area contributed by atoms with E-state index in [-0.39, 0.29) is 17.9 Å². The molecule has 3 amide bonds. The third-order valence-corrected chi connectivity index (χ3v) is 6.07. The molecule has 0 N–H and O–H groups in total. The molecule has 6 nitrogen and oxygen atoms in total. The first-order valence-corrected chi connectivity index (χ1v) is 10.1. The summed E-state index contributed by atoms with van der Waals surface area (Å²) in [4.78, 5) is 42.7. The number of carbonyl (C=O) groups excluding carboxylic acids is 3. The second-order valence-corrected chi connectivity index (χ2v) is 7.86. The van der Waals surface area contributed by atoms with E-state index in [1.54, 1.807) is 9.80 Å². The molecule has 0 unspecified atom stereocenters. The van der Waals surface area contributed by atoms with Gasteiger partial charge in [0.05, 0.1) is 0 Å². The van der Waals surface area contributed by atoms with Gasteiger partial charge in [0.25, 0.3) is 5.91 Å². The maximum absolute atomic E-state index is 12.5. The van der Waals surface area contributed by atoms with Gasteiger partial charge in [0, 0.05) is 44.3 Å². The van der Waals surface area contributed by atoms with Crippen LogP contribution in [0.25, 0.3) is 0 Å². The Morgan fingerprint density at radius 1 is 0.852 bits per heavy atom. The van der Waals surface area contributed by atoms with Crippen molar-refractivity contribution in [3.63, 3.8) is 0 Å². The van der Waals surface area contributed by atoms with Crippen LogP contribution in [0.4, 0.5) is 0 Å². The number of hydrogen-bond donors (Lipinski definition) is 0. The Bertz CT molecular complexity index is 719. The van der Waals surface area contributed by atoms with Gasteiger partial charge in [0.2, 0.25) is 0 Å². The Morgan fingerprint density at radius 3 is 2.19 bits per heavy atom. The topological polar surface area (TPSA) is 60.9 Å². The van der Waals surface area contributed by atoms with Crippen molar-refractivity contribution in [1.82, 2.24) is 14.7 Å². The molecule has 4 rings (SSSR count). The molecule has 27 heavy (non-hydrogen) atoms. The zero-order valence-corrected chi connectivity index (χ0v) is 15.7. The van der Waals surface area contributed by atoms with Gasteiger partial charge in [0.15, 0.2) is 0 Å². The number of amides is 3. The van der Waals surface area contributed by atoms with E-state index in [0.717, 1.165) is 57.2 Å². The minimum Gasteiger partial charge on any atom is -0.339 e. The summed E-state index contributed by atoms with van der Waals surface area (Å²) in [5.41, 5.74) is 1.64. The lowest BCUT2D eigenvalue weighted by molar-refractivity contribution is -0.158. The quantitative estimate of drug-likeness (QED) is 0.763. The molecule has 0 aromatic heterocycles. The van der Waals surface area contributed by atoms with E-state index in [2.05, 4.69) is 0 Å². The van der Waals surface area contributed by atoms with Crippen molar-refractivity contribution in [3.05, 3.63) is 35.4 Å². The van der Waals surface area contributed by atoms with Crippen molar-refractivity contribution in [1.29, 1.82) is 0 Å². The maximum Gasteiger partial charge on any atom is 0.312 e. The van der Waals surface area contributed by atoms with Crippen molar-refractivity contribution in [2.45, 2.75) is 51.1 Å². The van der Waals surface area contributed by atoms with Crippen LogP contribution < -0.4 is 0 Å².